The Morgan fingerprint density at radius 3 is 3.24 bits per heavy atom. The molecular formula is C16H19N3O2. The molecule has 1 aliphatic rings. The van der Waals surface area contributed by atoms with Crippen molar-refractivity contribution < 1.29 is 9.53 Å². The fraction of sp³-hybridized carbons (Fsp3) is 0.375. The average Bonchev–Trinajstić information content (AvgIpc) is 2.55. The Morgan fingerprint density at radius 1 is 1.48 bits per heavy atom. The molecule has 0 amide bonds. The number of nitrogens with zero attached hydrogens (tertiary/aromatic N) is 2. The first kappa shape index (κ1) is 14.0. The maximum atomic E-state index is 11.7. The number of aromatic nitrogens is 1. The lowest BCUT2D eigenvalue weighted by atomic mass is 10.1. The number of nitrogens with one attached hydrogen (secondary N) is 1. The van der Waals surface area contributed by atoms with Crippen molar-refractivity contribution in [2.24, 2.45) is 0 Å². The summed E-state index contributed by atoms with van der Waals surface area (Å²) < 4.78 is 4.82. The third kappa shape index (κ3) is 3.04. The normalized spacial score (nSPS) is 19.6. The van der Waals surface area contributed by atoms with E-state index in [1.54, 1.807) is 0 Å². The number of rotatable bonds is 3. The number of methoxy groups -OCH3 is 1. The van der Waals surface area contributed by atoms with Gasteiger partial charge in [0.2, 0.25) is 0 Å². The molecule has 1 fully saturated rings. The van der Waals surface area contributed by atoms with Gasteiger partial charge in [-0.15, -0.1) is 0 Å². The van der Waals surface area contributed by atoms with E-state index in [4.69, 9.17) is 4.74 Å². The SMILES string of the molecule is COC(=O)C1CN(Cc2cccc3cnccc23)CCN1. The molecular weight excluding hydrogens is 266 g/mol. The Kier molecular flexibility index (Phi) is 4.13. The van der Waals surface area contributed by atoms with Gasteiger partial charge in [-0.05, 0) is 17.0 Å². The van der Waals surface area contributed by atoms with Gasteiger partial charge in [-0.25, -0.2) is 0 Å². The Labute approximate surface area is 123 Å². The number of fused-ring (bicyclic) bond motifs is 1. The zero-order valence-electron chi connectivity index (χ0n) is 12.1. The van der Waals surface area contributed by atoms with Gasteiger partial charge in [-0.3, -0.25) is 14.7 Å². The fourth-order valence-electron chi connectivity index (χ4n) is 2.82. The lowest BCUT2D eigenvalue weighted by Crippen LogP contribution is -2.54. The summed E-state index contributed by atoms with van der Waals surface area (Å²) in [5, 5.41) is 5.57. The third-order valence-corrected chi connectivity index (χ3v) is 3.91. The van der Waals surface area contributed by atoms with Gasteiger partial charge < -0.3 is 10.1 Å². The van der Waals surface area contributed by atoms with Gasteiger partial charge in [-0.2, -0.15) is 0 Å². The highest BCUT2D eigenvalue weighted by atomic mass is 16.5. The quantitative estimate of drug-likeness (QED) is 0.858. The maximum Gasteiger partial charge on any atom is 0.324 e. The van der Waals surface area contributed by atoms with E-state index in [-0.39, 0.29) is 12.0 Å². The van der Waals surface area contributed by atoms with Crippen LogP contribution in [0.25, 0.3) is 10.8 Å². The summed E-state index contributed by atoms with van der Waals surface area (Å²) in [6.45, 7) is 3.23. The summed E-state index contributed by atoms with van der Waals surface area (Å²) in [6, 6.07) is 8.07. The molecule has 1 aromatic heterocycles. The number of pyridine rings is 1. The minimum Gasteiger partial charge on any atom is -0.468 e. The van der Waals surface area contributed by atoms with E-state index in [2.05, 4.69) is 33.4 Å². The fourth-order valence-corrected chi connectivity index (χ4v) is 2.82. The molecule has 0 spiro atoms. The van der Waals surface area contributed by atoms with Gasteiger partial charge in [0.1, 0.15) is 6.04 Å². The van der Waals surface area contributed by atoms with Crippen molar-refractivity contribution in [3.8, 4) is 0 Å². The van der Waals surface area contributed by atoms with E-state index in [9.17, 15) is 4.79 Å². The van der Waals surface area contributed by atoms with Crippen molar-refractivity contribution in [3.63, 3.8) is 0 Å². The van der Waals surface area contributed by atoms with Gasteiger partial charge >= 0.3 is 5.97 Å². The molecule has 1 aromatic carbocycles. The molecule has 1 atom stereocenters. The lowest BCUT2D eigenvalue weighted by molar-refractivity contribution is -0.144. The first-order valence-corrected chi connectivity index (χ1v) is 7.13. The highest BCUT2D eigenvalue weighted by molar-refractivity contribution is 5.84. The van der Waals surface area contributed by atoms with Crippen molar-refractivity contribution in [2.75, 3.05) is 26.7 Å². The summed E-state index contributed by atoms with van der Waals surface area (Å²) in [7, 11) is 1.43. The second kappa shape index (κ2) is 6.20. The first-order chi connectivity index (χ1) is 10.3. The summed E-state index contributed by atoms with van der Waals surface area (Å²) in [5.74, 6) is -0.193. The van der Waals surface area contributed by atoms with Crippen molar-refractivity contribution in [1.82, 2.24) is 15.2 Å². The second-order valence-electron chi connectivity index (χ2n) is 5.28. The summed E-state index contributed by atoms with van der Waals surface area (Å²) in [6.07, 6.45) is 3.70. The van der Waals surface area contributed by atoms with Crippen molar-refractivity contribution >= 4 is 16.7 Å². The molecule has 3 rings (SSSR count). The average molecular weight is 285 g/mol. The molecule has 1 aliphatic heterocycles. The number of esters is 1. The van der Waals surface area contributed by atoms with Gasteiger partial charge in [0.25, 0.3) is 0 Å². The highest BCUT2D eigenvalue weighted by Crippen LogP contribution is 2.19. The van der Waals surface area contributed by atoms with E-state index in [0.717, 1.165) is 25.0 Å². The van der Waals surface area contributed by atoms with Crippen molar-refractivity contribution in [1.29, 1.82) is 0 Å². The van der Waals surface area contributed by atoms with Crippen LogP contribution in [-0.2, 0) is 16.1 Å². The monoisotopic (exact) mass is 285 g/mol. The van der Waals surface area contributed by atoms with Crippen LogP contribution in [0.1, 0.15) is 5.56 Å². The van der Waals surface area contributed by atoms with Crippen LogP contribution in [0.4, 0.5) is 0 Å². The van der Waals surface area contributed by atoms with Crippen LogP contribution in [-0.4, -0.2) is 48.6 Å². The lowest BCUT2D eigenvalue weighted by Gasteiger charge is -2.32. The molecule has 5 nitrogen and oxygen atoms in total. The van der Waals surface area contributed by atoms with E-state index in [0.29, 0.717) is 6.54 Å². The zero-order valence-corrected chi connectivity index (χ0v) is 12.1. The maximum absolute atomic E-state index is 11.7. The Morgan fingerprint density at radius 2 is 2.38 bits per heavy atom. The molecule has 0 bridgehead atoms. The van der Waals surface area contributed by atoms with Crippen molar-refractivity contribution in [2.45, 2.75) is 12.6 Å². The minimum absolute atomic E-state index is 0.193. The van der Waals surface area contributed by atoms with Crippen LogP contribution in [0.15, 0.2) is 36.7 Å². The predicted molar refractivity (Wildman–Crippen MR) is 80.8 cm³/mol. The standard InChI is InChI=1S/C16H19N3O2/c1-21-16(20)15-11-19(8-7-18-15)10-13-4-2-3-12-9-17-6-5-14(12)13/h2-6,9,15,18H,7-8,10-11H2,1H3. The number of piperazine rings is 1. The van der Waals surface area contributed by atoms with Gasteiger partial charge in [0.15, 0.2) is 0 Å². The molecule has 21 heavy (non-hydrogen) atoms. The van der Waals surface area contributed by atoms with Crippen molar-refractivity contribution in [3.05, 3.63) is 42.2 Å². The smallest absolute Gasteiger partial charge is 0.324 e. The topological polar surface area (TPSA) is 54.5 Å². The zero-order chi connectivity index (χ0) is 14.7. The number of carbonyl (C=O) groups is 1. The number of ether oxygens (including phenoxy) is 1. The Hall–Kier alpha value is -1.98. The second-order valence-corrected chi connectivity index (χ2v) is 5.28. The van der Waals surface area contributed by atoms with E-state index < -0.39 is 0 Å². The summed E-state index contributed by atoms with van der Waals surface area (Å²) in [5.41, 5.74) is 1.26. The number of carbonyl (C=O) groups excluding carboxylic acids is 1. The van der Waals surface area contributed by atoms with Crippen LogP contribution >= 0.6 is 0 Å². The van der Waals surface area contributed by atoms with Gasteiger partial charge in [0, 0.05) is 44.0 Å². The molecule has 5 heteroatoms. The summed E-state index contributed by atoms with van der Waals surface area (Å²) >= 11 is 0. The molecule has 1 unspecified atom stereocenters. The summed E-state index contributed by atoms with van der Waals surface area (Å²) in [4.78, 5) is 18.1. The predicted octanol–water partition coefficient (Wildman–Crippen LogP) is 1.18. The van der Waals surface area contributed by atoms with Crippen LogP contribution in [0.3, 0.4) is 0 Å². The number of hydrogen-bond donors (Lipinski definition) is 1. The molecule has 110 valence electrons. The molecule has 1 saturated heterocycles. The van der Waals surface area contributed by atoms with Gasteiger partial charge in [-0.1, -0.05) is 18.2 Å². The molecule has 2 aromatic rings. The van der Waals surface area contributed by atoms with Crippen LogP contribution in [0.5, 0.6) is 0 Å². The minimum atomic E-state index is -0.236. The number of benzene rings is 1. The molecule has 0 saturated carbocycles. The highest BCUT2D eigenvalue weighted by Gasteiger charge is 2.25. The molecule has 0 aliphatic carbocycles. The van der Waals surface area contributed by atoms with Crippen LogP contribution in [0.2, 0.25) is 0 Å². The van der Waals surface area contributed by atoms with E-state index in [1.807, 2.05) is 18.5 Å². The molecule has 2 heterocycles. The van der Waals surface area contributed by atoms with E-state index in [1.165, 1.54) is 18.1 Å². The molecule has 0 radical (unpaired) electrons. The Balaban J connectivity index is 1.77. The Bertz CT molecular complexity index is 639. The first-order valence-electron chi connectivity index (χ1n) is 7.13. The van der Waals surface area contributed by atoms with Gasteiger partial charge in [0.05, 0.1) is 7.11 Å². The number of hydrogen-bond acceptors (Lipinski definition) is 5. The largest absolute Gasteiger partial charge is 0.468 e. The van der Waals surface area contributed by atoms with Crippen LogP contribution < -0.4 is 5.32 Å². The third-order valence-electron chi connectivity index (χ3n) is 3.91. The van der Waals surface area contributed by atoms with E-state index >= 15 is 0 Å². The van der Waals surface area contributed by atoms with Crippen LogP contribution in [0, 0.1) is 0 Å². The molecule has 1 N–H and O–H groups in total.